The zero-order chi connectivity index (χ0) is 19.6. The number of aromatic nitrogens is 3. The fourth-order valence-electron chi connectivity index (χ4n) is 4.92. The van der Waals surface area contributed by atoms with Crippen LogP contribution in [0.1, 0.15) is 43.7 Å². The SMILES string of the molecule is CC1(c2cn3c(-c4cccc(N[C@H]5CNCC56CC6)n4)cnc3cc2CO)CC1. The molecule has 3 aromatic heterocycles. The van der Waals surface area contributed by atoms with Crippen LogP contribution >= 0.6 is 0 Å². The molecule has 1 aliphatic heterocycles. The van der Waals surface area contributed by atoms with E-state index in [0.29, 0.717) is 11.5 Å². The first-order chi connectivity index (χ1) is 14.1. The summed E-state index contributed by atoms with van der Waals surface area (Å²) in [5, 5.41) is 17.0. The molecule has 4 heterocycles. The maximum Gasteiger partial charge on any atom is 0.137 e. The number of pyridine rings is 2. The number of aliphatic hydroxyl groups excluding tert-OH is 1. The topological polar surface area (TPSA) is 74.5 Å². The lowest BCUT2D eigenvalue weighted by atomic mass is 9.95. The first-order valence-electron chi connectivity index (χ1n) is 10.7. The summed E-state index contributed by atoms with van der Waals surface area (Å²) in [6, 6.07) is 8.65. The molecule has 0 amide bonds. The van der Waals surface area contributed by atoms with E-state index in [4.69, 9.17) is 4.98 Å². The normalized spacial score (nSPS) is 23.6. The van der Waals surface area contributed by atoms with E-state index in [0.717, 1.165) is 41.5 Å². The predicted octanol–water partition coefficient (Wildman–Crippen LogP) is 3.10. The van der Waals surface area contributed by atoms with Gasteiger partial charge in [-0.3, -0.25) is 4.40 Å². The molecule has 3 N–H and O–H groups in total. The van der Waals surface area contributed by atoms with E-state index in [1.165, 1.54) is 31.2 Å². The monoisotopic (exact) mass is 389 g/mol. The second kappa shape index (κ2) is 6.03. The number of nitrogens with one attached hydrogen (secondary N) is 2. The maximum absolute atomic E-state index is 9.85. The standard InChI is InChI=1S/C23H27N5O/c1-22(5-6-22)16-12-28-18(10-25-21(28)9-15(16)13-29)17-3-2-4-20(26-17)27-19-11-24-14-23(19)7-8-23/h2-4,9-10,12,19,24,29H,5-8,11,13-14H2,1H3,(H,26,27)/t19-/m0/s1. The second-order valence-electron chi connectivity index (χ2n) is 9.40. The van der Waals surface area contributed by atoms with Gasteiger partial charge < -0.3 is 15.7 Å². The number of nitrogens with zero attached hydrogens (tertiary/aromatic N) is 3. The summed E-state index contributed by atoms with van der Waals surface area (Å²) in [5.74, 6) is 0.929. The van der Waals surface area contributed by atoms with Gasteiger partial charge in [0.25, 0.3) is 0 Å². The Balaban J connectivity index is 1.38. The summed E-state index contributed by atoms with van der Waals surface area (Å²) < 4.78 is 2.13. The van der Waals surface area contributed by atoms with E-state index in [2.05, 4.69) is 45.3 Å². The number of aliphatic hydroxyl groups is 1. The lowest BCUT2D eigenvalue weighted by Gasteiger charge is -2.20. The summed E-state index contributed by atoms with van der Waals surface area (Å²) in [7, 11) is 0. The fraction of sp³-hybridized carbons (Fsp3) is 0.478. The minimum atomic E-state index is 0.0540. The van der Waals surface area contributed by atoms with Gasteiger partial charge in [0.1, 0.15) is 11.5 Å². The molecular formula is C23H27N5O. The quantitative estimate of drug-likeness (QED) is 0.625. The molecule has 150 valence electrons. The van der Waals surface area contributed by atoms with Crippen molar-refractivity contribution in [2.45, 2.75) is 50.7 Å². The third-order valence-corrected chi connectivity index (χ3v) is 7.34. The smallest absolute Gasteiger partial charge is 0.137 e. The molecule has 2 saturated carbocycles. The highest BCUT2D eigenvalue weighted by Gasteiger charge is 2.52. The molecule has 3 fully saturated rings. The molecular weight excluding hydrogens is 362 g/mol. The molecule has 2 aliphatic carbocycles. The first kappa shape index (κ1) is 17.4. The Bertz CT molecular complexity index is 1100. The fourth-order valence-corrected chi connectivity index (χ4v) is 4.92. The minimum absolute atomic E-state index is 0.0540. The summed E-state index contributed by atoms with van der Waals surface area (Å²) in [6.07, 6.45) is 9.01. The van der Waals surface area contributed by atoms with Gasteiger partial charge in [-0.2, -0.15) is 0 Å². The van der Waals surface area contributed by atoms with Crippen LogP contribution in [-0.4, -0.2) is 38.6 Å². The summed E-state index contributed by atoms with van der Waals surface area (Å²) >= 11 is 0. The van der Waals surface area contributed by atoms with Crippen molar-refractivity contribution in [2.24, 2.45) is 5.41 Å². The third kappa shape index (κ3) is 2.77. The Labute approximate surface area is 170 Å². The number of hydrogen-bond donors (Lipinski definition) is 3. The summed E-state index contributed by atoms with van der Waals surface area (Å²) in [4.78, 5) is 9.52. The Morgan fingerprint density at radius 2 is 2.14 bits per heavy atom. The molecule has 1 saturated heterocycles. The third-order valence-electron chi connectivity index (χ3n) is 7.34. The first-order valence-corrected chi connectivity index (χ1v) is 10.7. The molecule has 1 atom stereocenters. The van der Waals surface area contributed by atoms with Gasteiger partial charge in [0.15, 0.2) is 0 Å². The van der Waals surface area contributed by atoms with Crippen LogP contribution in [0.5, 0.6) is 0 Å². The van der Waals surface area contributed by atoms with Gasteiger partial charge in [-0.25, -0.2) is 9.97 Å². The molecule has 6 rings (SSSR count). The number of rotatable bonds is 5. The number of anilines is 1. The van der Waals surface area contributed by atoms with Crippen molar-refractivity contribution in [3.63, 3.8) is 0 Å². The van der Waals surface area contributed by atoms with Crippen LogP contribution in [0.4, 0.5) is 5.82 Å². The van der Waals surface area contributed by atoms with Gasteiger partial charge in [0.05, 0.1) is 24.2 Å². The van der Waals surface area contributed by atoms with Crippen LogP contribution in [-0.2, 0) is 12.0 Å². The van der Waals surface area contributed by atoms with Gasteiger partial charge in [-0.05, 0) is 60.4 Å². The van der Waals surface area contributed by atoms with Crippen LogP contribution in [0.25, 0.3) is 17.0 Å². The number of fused-ring (bicyclic) bond motifs is 1. The van der Waals surface area contributed by atoms with Crippen molar-refractivity contribution in [1.29, 1.82) is 0 Å². The van der Waals surface area contributed by atoms with Crippen molar-refractivity contribution < 1.29 is 5.11 Å². The molecule has 0 unspecified atom stereocenters. The van der Waals surface area contributed by atoms with Crippen LogP contribution in [0.3, 0.4) is 0 Å². The zero-order valence-corrected chi connectivity index (χ0v) is 16.8. The van der Waals surface area contributed by atoms with Crippen molar-refractivity contribution in [2.75, 3.05) is 18.4 Å². The Kier molecular flexibility index (Phi) is 3.62. The molecule has 0 radical (unpaired) electrons. The van der Waals surface area contributed by atoms with Crippen LogP contribution < -0.4 is 10.6 Å². The van der Waals surface area contributed by atoms with Crippen molar-refractivity contribution >= 4 is 11.5 Å². The van der Waals surface area contributed by atoms with Crippen molar-refractivity contribution in [1.82, 2.24) is 19.7 Å². The molecule has 0 aromatic carbocycles. The van der Waals surface area contributed by atoms with Gasteiger partial charge >= 0.3 is 0 Å². The largest absolute Gasteiger partial charge is 0.392 e. The van der Waals surface area contributed by atoms with Gasteiger partial charge in [0.2, 0.25) is 0 Å². The predicted molar refractivity (Wildman–Crippen MR) is 113 cm³/mol. The van der Waals surface area contributed by atoms with Crippen molar-refractivity contribution in [3.05, 3.63) is 47.8 Å². The molecule has 29 heavy (non-hydrogen) atoms. The highest BCUT2D eigenvalue weighted by molar-refractivity contribution is 5.63. The van der Waals surface area contributed by atoms with E-state index in [-0.39, 0.29) is 12.0 Å². The molecule has 6 nitrogen and oxygen atoms in total. The minimum Gasteiger partial charge on any atom is -0.392 e. The Morgan fingerprint density at radius 3 is 2.90 bits per heavy atom. The highest BCUT2D eigenvalue weighted by atomic mass is 16.3. The maximum atomic E-state index is 9.85. The van der Waals surface area contributed by atoms with E-state index in [1.807, 2.05) is 18.3 Å². The van der Waals surface area contributed by atoms with E-state index >= 15 is 0 Å². The average molecular weight is 390 g/mol. The van der Waals surface area contributed by atoms with Gasteiger partial charge in [-0.15, -0.1) is 0 Å². The molecule has 0 bridgehead atoms. The zero-order valence-electron chi connectivity index (χ0n) is 16.8. The Morgan fingerprint density at radius 1 is 1.28 bits per heavy atom. The van der Waals surface area contributed by atoms with Gasteiger partial charge in [0, 0.05) is 30.7 Å². The molecule has 1 spiro atoms. The lowest BCUT2D eigenvalue weighted by molar-refractivity contribution is 0.279. The average Bonchev–Trinajstić information content (AvgIpc) is 3.59. The van der Waals surface area contributed by atoms with Gasteiger partial charge in [-0.1, -0.05) is 13.0 Å². The van der Waals surface area contributed by atoms with Crippen LogP contribution in [0.2, 0.25) is 0 Å². The number of imidazole rings is 1. The van der Waals surface area contributed by atoms with E-state index in [9.17, 15) is 5.11 Å². The highest BCUT2D eigenvalue weighted by Crippen LogP contribution is 2.51. The van der Waals surface area contributed by atoms with E-state index < -0.39 is 0 Å². The second-order valence-corrected chi connectivity index (χ2v) is 9.40. The van der Waals surface area contributed by atoms with E-state index in [1.54, 1.807) is 0 Å². The lowest BCUT2D eigenvalue weighted by Crippen LogP contribution is -2.29. The van der Waals surface area contributed by atoms with Crippen LogP contribution in [0.15, 0.2) is 36.7 Å². The molecule has 3 aliphatic rings. The summed E-state index contributed by atoms with van der Waals surface area (Å²) in [5.41, 5.74) is 5.60. The Hall–Kier alpha value is -2.44. The molecule has 6 heteroatoms. The molecule has 3 aromatic rings. The van der Waals surface area contributed by atoms with Crippen molar-refractivity contribution in [3.8, 4) is 11.4 Å². The van der Waals surface area contributed by atoms with Crippen LogP contribution in [0, 0.1) is 5.41 Å². The number of hydrogen-bond acceptors (Lipinski definition) is 5. The summed E-state index contributed by atoms with van der Waals surface area (Å²) in [6.45, 7) is 4.45.